The molecule has 5 heteroatoms. The van der Waals surface area contributed by atoms with Crippen molar-refractivity contribution in [2.24, 2.45) is 0 Å². The lowest BCUT2D eigenvalue weighted by atomic mass is 10.2. The number of H-pyrrole nitrogens is 1. The van der Waals surface area contributed by atoms with Gasteiger partial charge in [0.25, 0.3) is 0 Å². The molecule has 13 heavy (non-hydrogen) atoms. The number of carboxylic acids is 1. The molecule has 0 saturated carbocycles. The van der Waals surface area contributed by atoms with E-state index in [1.54, 1.807) is 6.92 Å². The average Bonchev–Trinajstić information content (AvgIpc) is 2.48. The molecule has 0 aliphatic rings. The van der Waals surface area contributed by atoms with Crippen LogP contribution in [0.5, 0.6) is 0 Å². The van der Waals surface area contributed by atoms with Gasteiger partial charge in [-0.3, -0.25) is 0 Å². The van der Waals surface area contributed by atoms with Gasteiger partial charge in [-0.1, -0.05) is 0 Å². The van der Waals surface area contributed by atoms with Crippen molar-refractivity contribution < 1.29 is 9.90 Å². The first-order valence-electron chi connectivity index (χ1n) is 3.72. The number of rotatable bonds is 1. The molecule has 2 aromatic heterocycles. The van der Waals surface area contributed by atoms with E-state index in [-0.39, 0.29) is 5.56 Å². The van der Waals surface area contributed by atoms with E-state index in [9.17, 15) is 4.79 Å². The number of aryl methyl sites for hydroxylation is 1. The lowest BCUT2D eigenvalue weighted by Gasteiger charge is -1.98. The van der Waals surface area contributed by atoms with Gasteiger partial charge >= 0.3 is 5.97 Å². The van der Waals surface area contributed by atoms with Crippen LogP contribution in [0.2, 0.25) is 0 Å². The Balaban J connectivity index is 2.76. The van der Waals surface area contributed by atoms with Crippen molar-refractivity contribution in [2.45, 2.75) is 6.92 Å². The van der Waals surface area contributed by atoms with Gasteiger partial charge in [-0.15, -0.1) is 0 Å². The fourth-order valence-corrected chi connectivity index (χ4v) is 1.18. The van der Waals surface area contributed by atoms with Crippen LogP contribution in [0.1, 0.15) is 16.1 Å². The van der Waals surface area contributed by atoms with E-state index in [1.807, 2.05) is 0 Å². The van der Waals surface area contributed by atoms with Crippen LogP contribution in [-0.4, -0.2) is 26.0 Å². The van der Waals surface area contributed by atoms with Gasteiger partial charge in [0.1, 0.15) is 0 Å². The first kappa shape index (κ1) is 7.72. The van der Waals surface area contributed by atoms with E-state index in [2.05, 4.69) is 15.0 Å². The summed E-state index contributed by atoms with van der Waals surface area (Å²) in [5.74, 6) is -0.971. The lowest BCUT2D eigenvalue weighted by Crippen LogP contribution is -2.01. The molecular formula is C8H7N3O2. The van der Waals surface area contributed by atoms with Crippen LogP contribution >= 0.6 is 0 Å². The van der Waals surface area contributed by atoms with Crippen molar-refractivity contribution in [3.63, 3.8) is 0 Å². The molecule has 0 aliphatic heterocycles. The third-order valence-electron chi connectivity index (χ3n) is 1.83. The molecule has 0 aliphatic carbocycles. The van der Waals surface area contributed by atoms with E-state index < -0.39 is 5.97 Å². The number of aromatic nitrogens is 3. The van der Waals surface area contributed by atoms with Crippen molar-refractivity contribution in [3.05, 3.63) is 23.7 Å². The molecule has 2 heterocycles. The summed E-state index contributed by atoms with van der Waals surface area (Å²) in [4.78, 5) is 21.5. The Hall–Kier alpha value is -1.91. The van der Waals surface area contributed by atoms with Gasteiger partial charge in [0, 0.05) is 0 Å². The van der Waals surface area contributed by atoms with E-state index >= 15 is 0 Å². The van der Waals surface area contributed by atoms with Crippen molar-refractivity contribution in [1.82, 2.24) is 15.0 Å². The minimum atomic E-state index is -0.971. The van der Waals surface area contributed by atoms with Gasteiger partial charge in [-0.2, -0.15) is 0 Å². The summed E-state index contributed by atoms with van der Waals surface area (Å²) in [6.07, 6.45) is 1.49. The smallest absolute Gasteiger partial charge is 0.337 e. The number of hydrogen-bond donors (Lipinski definition) is 2. The summed E-state index contributed by atoms with van der Waals surface area (Å²) in [6, 6.07) is 1.53. The molecule has 5 nitrogen and oxygen atoms in total. The first-order chi connectivity index (χ1) is 6.18. The lowest BCUT2D eigenvalue weighted by molar-refractivity contribution is 0.0696. The highest BCUT2D eigenvalue weighted by atomic mass is 16.4. The van der Waals surface area contributed by atoms with Crippen molar-refractivity contribution in [1.29, 1.82) is 0 Å². The average molecular weight is 177 g/mol. The molecule has 66 valence electrons. The Labute approximate surface area is 73.4 Å². The summed E-state index contributed by atoms with van der Waals surface area (Å²) in [5, 5.41) is 8.79. The third kappa shape index (κ3) is 1.14. The number of carbonyl (C=O) groups is 1. The Morgan fingerprint density at radius 3 is 3.08 bits per heavy atom. The molecule has 0 bridgehead atoms. The van der Waals surface area contributed by atoms with Gasteiger partial charge in [0.05, 0.1) is 23.1 Å². The summed E-state index contributed by atoms with van der Waals surface area (Å²) < 4.78 is 0. The maximum Gasteiger partial charge on any atom is 0.337 e. The fourth-order valence-electron chi connectivity index (χ4n) is 1.18. The van der Waals surface area contributed by atoms with E-state index in [1.165, 1.54) is 12.4 Å². The standard InChI is InChI=1S/C8H7N3O2/c1-4-5(8(12)13)2-6-7(11-4)10-3-9-6/h2-3H,1H3,(H,12,13)(H,9,10,11). The second kappa shape index (κ2) is 2.55. The number of nitrogens with zero attached hydrogens (tertiary/aromatic N) is 2. The van der Waals surface area contributed by atoms with E-state index in [0.717, 1.165) is 0 Å². The zero-order valence-electron chi connectivity index (χ0n) is 6.90. The SMILES string of the molecule is Cc1nc2nc[nH]c2cc1C(=O)O. The van der Waals surface area contributed by atoms with Gasteiger partial charge in [-0.25, -0.2) is 14.8 Å². The molecule has 2 N–H and O–H groups in total. The molecule has 0 radical (unpaired) electrons. The minimum absolute atomic E-state index is 0.205. The molecule has 0 saturated heterocycles. The predicted molar refractivity (Wildman–Crippen MR) is 45.6 cm³/mol. The normalized spacial score (nSPS) is 10.5. The van der Waals surface area contributed by atoms with Crippen LogP contribution in [0, 0.1) is 6.92 Å². The highest BCUT2D eigenvalue weighted by Crippen LogP contribution is 2.12. The van der Waals surface area contributed by atoms with Crippen molar-refractivity contribution >= 4 is 17.1 Å². The number of aromatic amines is 1. The second-order valence-corrected chi connectivity index (χ2v) is 2.70. The molecule has 0 fully saturated rings. The topological polar surface area (TPSA) is 78.9 Å². The fraction of sp³-hybridized carbons (Fsp3) is 0.125. The summed E-state index contributed by atoms with van der Waals surface area (Å²) in [5.41, 5.74) is 1.87. The molecule has 0 spiro atoms. The number of aromatic carboxylic acids is 1. The maximum atomic E-state index is 10.7. The number of fused-ring (bicyclic) bond motifs is 1. The zero-order valence-corrected chi connectivity index (χ0v) is 6.90. The van der Waals surface area contributed by atoms with Crippen LogP contribution in [0.15, 0.2) is 12.4 Å². The Bertz CT molecular complexity index is 475. The predicted octanol–water partition coefficient (Wildman–Crippen LogP) is 0.965. The van der Waals surface area contributed by atoms with E-state index in [0.29, 0.717) is 16.9 Å². The number of carboxylic acid groups (broad SMARTS) is 1. The monoisotopic (exact) mass is 177 g/mol. The summed E-state index contributed by atoms with van der Waals surface area (Å²) >= 11 is 0. The molecule has 0 amide bonds. The second-order valence-electron chi connectivity index (χ2n) is 2.70. The minimum Gasteiger partial charge on any atom is -0.478 e. The van der Waals surface area contributed by atoms with E-state index in [4.69, 9.17) is 5.11 Å². The Morgan fingerprint density at radius 1 is 1.62 bits per heavy atom. The number of hydrogen-bond acceptors (Lipinski definition) is 3. The molecule has 0 atom stereocenters. The van der Waals surface area contributed by atoms with Gasteiger partial charge in [0.2, 0.25) is 0 Å². The van der Waals surface area contributed by atoms with Crippen LogP contribution < -0.4 is 0 Å². The summed E-state index contributed by atoms with van der Waals surface area (Å²) in [7, 11) is 0. The maximum absolute atomic E-state index is 10.7. The van der Waals surface area contributed by atoms with Crippen LogP contribution in [0.4, 0.5) is 0 Å². The molecule has 2 rings (SSSR count). The number of pyridine rings is 1. The summed E-state index contributed by atoms with van der Waals surface area (Å²) in [6.45, 7) is 1.65. The quantitative estimate of drug-likeness (QED) is 0.680. The van der Waals surface area contributed by atoms with Crippen LogP contribution in [0.25, 0.3) is 11.2 Å². The number of imidazole rings is 1. The number of nitrogens with one attached hydrogen (secondary N) is 1. The van der Waals surface area contributed by atoms with Crippen LogP contribution in [-0.2, 0) is 0 Å². The van der Waals surface area contributed by atoms with Gasteiger partial charge in [-0.05, 0) is 13.0 Å². The molecule has 2 aromatic rings. The Kier molecular flexibility index (Phi) is 1.51. The molecular weight excluding hydrogens is 170 g/mol. The molecule has 0 unspecified atom stereocenters. The first-order valence-corrected chi connectivity index (χ1v) is 3.72. The zero-order chi connectivity index (χ0) is 9.42. The molecule has 0 aromatic carbocycles. The van der Waals surface area contributed by atoms with Gasteiger partial charge in [0.15, 0.2) is 5.65 Å². The van der Waals surface area contributed by atoms with Crippen molar-refractivity contribution in [2.75, 3.05) is 0 Å². The highest BCUT2D eigenvalue weighted by molar-refractivity contribution is 5.92. The van der Waals surface area contributed by atoms with Crippen molar-refractivity contribution in [3.8, 4) is 0 Å². The third-order valence-corrected chi connectivity index (χ3v) is 1.83. The Morgan fingerprint density at radius 2 is 2.38 bits per heavy atom. The van der Waals surface area contributed by atoms with Gasteiger partial charge < -0.3 is 10.1 Å². The largest absolute Gasteiger partial charge is 0.478 e. The highest BCUT2D eigenvalue weighted by Gasteiger charge is 2.10. The van der Waals surface area contributed by atoms with Crippen LogP contribution in [0.3, 0.4) is 0 Å².